The van der Waals surface area contributed by atoms with E-state index in [1.165, 1.54) is 16.8 Å². The minimum atomic E-state index is -4.39. The number of nitrogens with zero attached hydrogens (tertiary/aromatic N) is 4. The van der Waals surface area contributed by atoms with Gasteiger partial charge in [0.15, 0.2) is 5.82 Å². The van der Waals surface area contributed by atoms with Crippen LogP contribution in [0.3, 0.4) is 0 Å². The maximum Gasteiger partial charge on any atom is 0.418 e. The average molecular weight is 271 g/mol. The molecule has 0 radical (unpaired) electrons. The van der Waals surface area contributed by atoms with E-state index in [0.717, 1.165) is 11.6 Å². The molecule has 0 unspecified atom stereocenters. The van der Waals surface area contributed by atoms with E-state index in [-0.39, 0.29) is 12.2 Å². The number of tetrazole rings is 1. The van der Waals surface area contributed by atoms with Gasteiger partial charge < -0.3 is 5.32 Å². The zero-order chi connectivity index (χ0) is 14.0. The zero-order valence-corrected chi connectivity index (χ0v) is 10.4. The van der Waals surface area contributed by atoms with Crippen LogP contribution in [0.25, 0.3) is 0 Å². The van der Waals surface area contributed by atoms with Gasteiger partial charge in [-0.05, 0) is 35.0 Å². The smallest absolute Gasteiger partial charge is 0.377 e. The first-order chi connectivity index (χ1) is 8.88. The van der Waals surface area contributed by atoms with Gasteiger partial charge in [-0.3, -0.25) is 0 Å². The molecule has 19 heavy (non-hydrogen) atoms. The van der Waals surface area contributed by atoms with Gasteiger partial charge in [0.05, 0.1) is 12.1 Å². The summed E-state index contributed by atoms with van der Waals surface area (Å²) in [5.74, 6) is 0.453. The van der Waals surface area contributed by atoms with Crippen molar-refractivity contribution in [1.29, 1.82) is 0 Å². The Morgan fingerprint density at radius 2 is 2.05 bits per heavy atom. The van der Waals surface area contributed by atoms with E-state index in [4.69, 9.17) is 0 Å². The maximum absolute atomic E-state index is 12.8. The number of nitrogens with one attached hydrogen (secondary N) is 1. The van der Waals surface area contributed by atoms with Crippen LogP contribution in [-0.4, -0.2) is 20.2 Å². The molecular weight excluding hydrogens is 259 g/mol. The molecular formula is C11H12F3N5. The Kier molecular flexibility index (Phi) is 3.41. The van der Waals surface area contributed by atoms with Gasteiger partial charge in [0, 0.05) is 12.7 Å². The summed E-state index contributed by atoms with van der Waals surface area (Å²) >= 11 is 0. The third kappa shape index (κ3) is 3.01. The molecule has 0 aliphatic carbocycles. The van der Waals surface area contributed by atoms with Gasteiger partial charge in [-0.25, -0.2) is 4.68 Å². The third-order valence-corrected chi connectivity index (χ3v) is 2.63. The molecule has 2 rings (SSSR count). The number of benzene rings is 1. The predicted octanol–water partition coefficient (Wildman–Crippen LogP) is 2.15. The molecule has 0 amide bonds. The number of halogens is 3. The van der Waals surface area contributed by atoms with Crippen molar-refractivity contribution in [3.8, 4) is 0 Å². The molecule has 0 aliphatic heterocycles. The van der Waals surface area contributed by atoms with Crippen molar-refractivity contribution in [2.45, 2.75) is 19.6 Å². The second kappa shape index (κ2) is 4.87. The van der Waals surface area contributed by atoms with Crippen molar-refractivity contribution in [1.82, 2.24) is 20.2 Å². The maximum atomic E-state index is 12.8. The number of aromatic nitrogens is 4. The van der Waals surface area contributed by atoms with E-state index in [0.29, 0.717) is 5.82 Å². The molecule has 0 spiro atoms. The van der Waals surface area contributed by atoms with Crippen molar-refractivity contribution < 1.29 is 13.2 Å². The number of hydrogen-bond donors (Lipinski definition) is 1. The van der Waals surface area contributed by atoms with Gasteiger partial charge in [-0.1, -0.05) is 6.07 Å². The van der Waals surface area contributed by atoms with Crippen LogP contribution in [0.2, 0.25) is 0 Å². The summed E-state index contributed by atoms with van der Waals surface area (Å²) in [6, 6.07) is 3.94. The molecule has 1 heterocycles. The highest BCUT2D eigenvalue weighted by Crippen LogP contribution is 2.35. The lowest BCUT2D eigenvalue weighted by atomic mass is 10.1. The van der Waals surface area contributed by atoms with Gasteiger partial charge in [0.25, 0.3) is 0 Å². The summed E-state index contributed by atoms with van der Waals surface area (Å²) < 4.78 is 39.9. The predicted molar refractivity (Wildman–Crippen MR) is 62.3 cm³/mol. The molecule has 5 nitrogen and oxygen atoms in total. The molecule has 0 fully saturated rings. The van der Waals surface area contributed by atoms with E-state index in [9.17, 15) is 13.2 Å². The third-order valence-electron chi connectivity index (χ3n) is 2.63. The van der Waals surface area contributed by atoms with E-state index >= 15 is 0 Å². The highest BCUT2D eigenvalue weighted by molar-refractivity contribution is 5.54. The Labute approximate surface area is 107 Å². The quantitative estimate of drug-likeness (QED) is 0.929. The monoisotopic (exact) mass is 271 g/mol. The first-order valence-corrected chi connectivity index (χ1v) is 5.51. The van der Waals surface area contributed by atoms with E-state index in [1.54, 1.807) is 14.0 Å². The summed E-state index contributed by atoms with van der Waals surface area (Å²) in [4.78, 5) is 0. The minimum absolute atomic E-state index is 0.0236. The first kappa shape index (κ1) is 13.3. The lowest BCUT2D eigenvalue weighted by molar-refractivity contribution is -0.137. The lowest BCUT2D eigenvalue weighted by Gasteiger charge is -2.14. The zero-order valence-electron chi connectivity index (χ0n) is 10.4. The summed E-state index contributed by atoms with van der Waals surface area (Å²) in [7, 11) is 1.62. The largest absolute Gasteiger partial charge is 0.418 e. The topological polar surface area (TPSA) is 55.6 Å². The molecule has 1 aromatic carbocycles. The highest BCUT2D eigenvalue weighted by atomic mass is 19.4. The van der Waals surface area contributed by atoms with Gasteiger partial charge >= 0.3 is 6.18 Å². The second-order valence-corrected chi connectivity index (χ2v) is 4.12. The van der Waals surface area contributed by atoms with Crippen molar-refractivity contribution in [3.63, 3.8) is 0 Å². The molecule has 102 valence electrons. The standard InChI is InChI=1S/C11H12F3N5/c1-7-3-4-8(11(12,13)14)9(5-7)15-6-10-16-17-18-19(10)2/h3-5,15H,6H2,1-2H3. The van der Waals surface area contributed by atoms with Crippen molar-refractivity contribution in [2.75, 3.05) is 5.32 Å². The Balaban J connectivity index is 2.24. The van der Waals surface area contributed by atoms with Crippen LogP contribution < -0.4 is 5.32 Å². The molecule has 0 saturated heterocycles. The average Bonchev–Trinajstić information content (AvgIpc) is 2.70. The number of hydrogen-bond acceptors (Lipinski definition) is 4. The summed E-state index contributed by atoms with van der Waals surface area (Å²) in [6.45, 7) is 1.85. The van der Waals surface area contributed by atoms with E-state index < -0.39 is 11.7 Å². The number of aryl methyl sites for hydroxylation is 2. The van der Waals surface area contributed by atoms with Gasteiger partial charge in [-0.2, -0.15) is 13.2 Å². The Morgan fingerprint density at radius 1 is 1.32 bits per heavy atom. The molecule has 0 saturated carbocycles. The molecule has 0 atom stereocenters. The van der Waals surface area contributed by atoms with Crippen LogP contribution >= 0.6 is 0 Å². The van der Waals surface area contributed by atoms with Crippen molar-refractivity contribution in [3.05, 3.63) is 35.2 Å². The molecule has 0 aliphatic rings. The summed E-state index contributed by atoms with van der Waals surface area (Å²) in [5, 5.41) is 13.5. The minimum Gasteiger partial charge on any atom is -0.377 e. The number of anilines is 1. The normalized spacial score (nSPS) is 11.6. The van der Waals surface area contributed by atoms with Crippen LogP contribution in [0.4, 0.5) is 18.9 Å². The molecule has 1 aromatic heterocycles. The van der Waals surface area contributed by atoms with Crippen LogP contribution in [-0.2, 0) is 19.8 Å². The fourth-order valence-electron chi connectivity index (χ4n) is 1.62. The molecule has 1 N–H and O–H groups in total. The SMILES string of the molecule is Cc1ccc(C(F)(F)F)c(NCc2nnnn2C)c1. The second-order valence-electron chi connectivity index (χ2n) is 4.12. The van der Waals surface area contributed by atoms with E-state index in [2.05, 4.69) is 20.8 Å². The van der Waals surface area contributed by atoms with Crippen LogP contribution in [0.5, 0.6) is 0 Å². The lowest BCUT2D eigenvalue weighted by Crippen LogP contribution is -2.13. The van der Waals surface area contributed by atoms with Crippen LogP contribution in [0, 0.1) is 6.92 Å². The van der Waals surface area contributed by atoms with Gasteiger partial charge in [-0.15, -0.1) is 5.10 Å². The Hall–Kier alpha value is -2.12. The molecule has 8 heteroatoms. The van der Waals surface area contributed by atoms with E-state index in [1.807, 2.05) is 0 Å². The van der Waals surface area contributed by atoms with Crippen LogP contribution in [0.15, 0.2) is 18.2 Å². The summed E-state index contributed by atoms with van der Waals surface area (Å²) in [6.07, 6.45) is -4.39. The van der Waals surface area contributed by atoms with Crippen LogP contribution in [0.1, 0.15) is 17.0 Å². The fourth-order valence-corrected chi connectivity index (χ4v) is 1.62. The highest BCUT2D eigenvalue weighted by Gasteiger charge is 2.33. The van der Waals surface area contributed by atoms with Gasteiger partial charge in [0.2, 0.25) is 0 Å². The fraction of sp³-hybridized carbons (Fsp3) is 0.364. The summed E-state index contributed by atoms with van der Waals surface area (Å²) in [5.41, 5.74) is 0.0651. The first-order valence-electron chi connectivity index (χ1n) is 5.51. The molecule has 2 aromatic rings. The Morgan fingerprint density at radius 3 is 2.63 bits per heavy atom. The number of rotatable bonds is 3. The molecule has 0 bridgehead atoms. The Bertz CT molecular complexity index is 576. The van der Waals surface area contributed by atoms with Gasteiger partial charge in [0.1, 0.15) is 0 Å². The van der Waals surface area contributed by atoms with Crippen molar-refractivity contribution in [2.24, 2.45) is 7.05 Å². The van der Waals surface area contributed by atoms with Crippen molar-refractivity contribution >= 4 is 5.69 Å². The number of alkyl halides is 3.